The predicted octanol–water partition coefficient (Wildman–Crippen LogP) is 3.80. The van der Waals surface area contributed by atoms with Gasteiger partial charge in [-0.1, -0.05) is 25.1 Å². The molecule has 0 saturated heterocycles. The first-order chi connectivity index (χ1) is 17.2. The van der Waals surface area contributed by atoms with Gasteiger partial charge in [-0.05, 0) is 51.0 Å². The van der Waals surface area contributed by atoms with Crippen molar-refractivity contribution >= 4 is 33.2 Å². The molecule has 3 aromatic rings. The van der Waals surface area contributed by atoms with E-state index in [9.17, 15) is 8.42 Å². The maximum absolute atomic E-state index is 12.7. The SMILES string of the molecule is CC[C@@H]1C(=N)N(C(C)=N)c2cnc(-c3ccncc3CNS(=O)(=O)c3ccccc3)nc2N1C(C)C. The van der Waals surface area contributed by atoms with Crippen molar-refractivity contribution in [2.45, 2.75) is 57.6 Å². The average Bonchev–Trinajstić information content (AvgIpc) is 2.86. The summed E-state index contributed by atoms with van der Waals surface area (Å²) < 4.78 is 28.1. The quantitative estimate of drug-likeness (QED) is 0.327. The van der Waals surface area contributed by atoms with Crippen LogP contribution in [-0.2, 0) is 16.6 Å². The monoisotopic (exact) mass is 506 g/mol. The topological polar surface area (TPSA) is 139 Å². The molecule has 11 heteroatoms. The van der Waals surface area contributed by atoms with E-state index >= 15 is 0 Å². The Hall–Kier alpha value is -3.70. The van der Waals surface area contributed by atoms with Crippen LogP contribution in [0.1, 0.15) is 39.7 Å². The molecule has 0 amide bonds. The maximum atomic E-state index is 12.7. The second kappa shape index (κ2) is 10.1. The molecule has 1 aromatic carbocycles. The summed E-state index contributed by atoms with van der Waals surface area (Å²) in [6.45, 7) is 7.76. The lowest BCUT2D eigenvalue weighted by molar-refractivity contribution is 0.581. The van der Waals surface area contributed by atoms with Crippen molar-refractivity contribution in [2.24, 2.45) is 0 Å². The third-order valence-electron chi connectivity index (χ3n) is 6.06. The Morgan fingerprint density at radius 3 is 2.53 bits per heavy atom. The van der Waals surface area contributed by atoms with Gasteiger partial charge in [-0.25, -0.2) is 23.1 Å². The van der Waals surface area contributed by atoms with E-state index in [1.54, 1.807) is 66.8 Å². The van der Waals surface area contributed by atoms with Gasteiger partial charge in [0.05, 0.1) is 17.1 Å². The lowest BCUT2D eigenvalue weighted by Crippen LogP contribution is -2.56. The summed E-state index contributed by atoms with van der Waals surface area (Å²) in [5, 5.41) is 17.0. The van der Waals surface area contributed by atoms with Crippen LogP contribution in [-0.4, -0.2) is 47.1 Å². The lowest BCUT2D eigenvalue weighted by atomic mass is 10.0. The van der Waals surface area contributed by atoms with Crippen molar-refractivity contribution < 1.29 is 8.42 Å². The fourth-order valence-corrected chi connectivity index (χ4v) is 5.43. The van der Waals surface area contributed by atoms with E-state index in [4.69, 9.17) is 15.8 Å². The number of rotatable bonds is 7. The number of sulfonamides is 1. The minimum Gasteiger partial charge on any atom is -0.342 e. The number of nitrogens with zero attached hydrogens (tertiary/aromatic N) is 5. The van der Waals surface area contributed by atoms with Crippen molar-refractivity contribution in [3.63, 3.8) is 0 Å². The van der Waals surface area contributed by atoms with Crippen molar-refractivity contribution in [1.82, 2.24) is 19.7 Å². The zero-order chi connectivity index (χ0) is 26.0. The molecule has 36 heavy (non-hydrogen) atoms. The first-order valence-electron chi connectivity index (χ1n) is 11.7. The number of aromatic nitrogens is 3. The number of nitrogens with one attached hydrogen (secondary N) is 3. The molecule has 3 heterocycles. The highest BCUT2D eigenvalue weighted by Crippen LogP contribution is 2.38. The number of hydrogen-bond donors (Lipinski definition) is 3. The van der Waals surface area contributed by atoms with Gasteiger partial charge in [0.1, 0.15) is 17.4 Å². The van der Waals surface area contributed by atoms with Gasteiger partial charge in [0.15, 0.2) is 11.6 Å². The number of benzene rings is 1. The van der Waals surface area contributed by atoms with Crippen LogP contribution in [0, 0.1) is 10.8 Å². The van der Waals surface area contributed by atoms with E-state index in [-0.39, 0.29) is 29.4 Å². The van der Waals surface area contributed by atoms with Crippen LogP contribution >= 0.6 is 0 Å². The zero-order valence-electron chi connectivity index (χ0n) is 20.7. The molecular formula is C25H30N8O2S. The van der Waals surface area contributed by atoms with E-state index in [1.165, 1.54) is 0 Å². The smallest absolute Gasteiger partial charge is 0.240 e. The van der Waals surface area contributed by atoms with Crippen molar-refractivity contribution in [2.75, 3.05) is 9.80 Å². The van der Waals surface area contributed by atoms with E-state index in [1.807, 2.05) is 20.8 Å². The molecule has 2 aromatic heterocycles. The molecule has 3 N–H and O–H groups in total. The molecule has 10 nitrogen and oxygen atoms in total. The molecular weight excluding hydrogens is 476 g/mol. The van der Waals surface area contributed by atoms with Crippen molar-refractivity contribution in [1.29, 1.82) is 10.8 Å². The number of amidine groups is 2. The molecule has 0 radical (unpaired) electrons. The van der Waals surface area contributed by atoms with E-state index < -0.39 is 10.0 Å². The predicted molar refractivity (Wildman–Crippen MR) is 141 cm³/mol. The second-order valence-electron chi connectivity index (χ2n) is 8.80. The second-order valence-corrected chi connectivity index (χ2v) is 10.6. The first kappa shape index (κ1) is 25.4. The fraction of sp³-hybridized carbons (Fsp3) is 0.320. The minimum absolute atomic E-state index is 0.0166. The van der Waals surface area contributed by atoms with Crippen molar-refractivity contribution in [3.8, 4) is 11.4 Å². The summed E-state index contributed by atoms with van der Waals surface area (Å²) in [6.07, 6.45) is 5.53. The maximum Gasteiger partial charge on any atom is 0.240 e. The Bertz CT molecular complexity index is 1390. The van der Waals surface area contributed by atoms with Crippen LogP contribution in [0.2, 0.25) is 0 Å². The van der Waals surface area contributed by atoms with E-state index in [0.29, 0.717) is 40.7 Å². The number of pyridine rings is 1. The summed E-state index contributed by atoms with van der Waals surface area (Å²) in [4.78, 5) is 17.5. The highest BCUT2D eigenvalue weighted by Gasteiger charge is 2.38. The molecule has 0 bridgehead atoms. The summed E-state index contributed by atoms with van der Waals surface area (Å²) in [6, 6.07) is 9.76. The molecule has 1 aliphatic rings. The van der Waals surface area contributed by atoms with Gasteiger partial charge in [0.25, 0.3) is 0 Å². The average molecular weight is 507 g/mol. The molecule has 0 fully saturated rings. The van der Waals surface area contributed by atoms with E-state index in [2.05, 4.69) is 19.6 Å². The highest BCUT2D eigenvalue weighted by atomic mass is 32.2. The van der Waals surface area contributed by atoms with Gasteiger partial charge in [-0.15, -0.1) is 0 Å². The standard InChI is InChI=1S/C25H30N8O2S/c1-5-21-23(27)33(17(4)26)22-15-29-24(31-25(22)32(21)16(2)3)20-11-12-28-13-18(20)14-30-36(34,35)19-9-7-6-8-10-19/h6-13,15-16,21,26-27,30H,5,14H2,1-4H3/t21-/m1/s1. The van der Waals surface area contributed by atoms with Crippen LogP contribution in [0.3, 0.4) is 0 Å². The number of hydrogen-bond acceptors (Lipinski definition) is 8. The molecule has 0 saturated carbocycles. The molecule has 0 unspecified atom stereocenters. The summed E-state index contributed by atoms with van der Waals surface area (Å²) >= 11 is 0. The normalized spacial score (nSPS) is 15.8. The summed E-state index contributed by atoms with van der Waals surface area (Å²) in [5.74, 6) is 1.60. The Morgan fingerprint density at radius 1 is 1.17 bits per heavy atom. The van der Waals surface area contributed by atoms with Gasteiger partial charge in [0.2, 0.25) is 10.0 Å². The Labute approximate surface area is 211 Å². The van der Waals surface area contributed by atoms with Crippen LogP contribution in [0.15, 0.2) is 59.9 Å². The number of anilines is 2. The van der Waals surface area contributed by atoms with Gasteiger partial charge >= 0.3 is 0 Å². The largest absolute Gasteiger partial charge is 0.342 e. The molecule has 188 valence electrons. The van der Waals surface area contributed by atoms with Crippen molar-refractivity contribution in [3.05, 3.63) is 60.6 Å². The fourth-order valence-electron chi connectivity index (χ4n) is 4.40. The third-order valence-corrected chi connectivity index (χ3v) is 7.47. The third kappa shape index (κ3) is 4.71. The van der Waals surface area contributed by atoms with E-state index in [0.717, 1.165) is 0 Å². The van der Waals surface area contributed by atoms with Gasteiger partial charge in [0, 0.05) is 30.5 Å². The highest BCUT2D eigenvalue weighted by molar-refractivity contribution is 7.89. The summed E-state index contributed by atoms with van der Waals surface area (Å²) in [7, 11) is -3.71. The molecule has 0 aliphatic carbocycles. The van der Waals surface area contributed by atoms with Gasteiger partial charge in [-0.3, -0.25) is 20.7 Å². The Kier molecular flexibility index (Phi) is 7.14. The Balaban J connectivity index is 1.75. The lowest BCUT2D eigenvalue weighted by Gasteiger charge is -2.45. The van der Waals surface area contributed by atoms with Crippen LogP contribution in [0.4, 0.5) is 11.5 Å². The number of fused-ring (bicyclic) bond motifs is 1. The minimum atomic E-state index is -3.71. The summed E-state index contributed by atoms with van der Waals surface area (Å²) in [5.41, 5.74) is 1.86. The van der Waals surface area contributed by atoms with Gasteiger partial charge in [-0.2, -0.15) is 0 Å². The molecule has 1 aliphatic heterocycles. The van der Waals surface area contributed by atoms with Crippen LogP contribution < -0.4 is 14.5 Å². The molecule has 0 spiro atoms. The Morgan fingerprint density at radius 2 is 1.89 bits per heavy atom. The van der Waals surface area contributed by atoms with Crippen LogP contribution in [0.5, 0.6) is 0 Å². The molecule has 1 atom stereocenters. The zero-order valence-corrected chi connectivity index (χ0v) is 21.5. The van der Waals surface area contributed by atoms with Crippen LogP contribution in [0.25, 0.3) is 11.4 Å². The first-order valence-corrected chi connectivity index (χ1v) is 13.2. The molecule has 4 rings (SSSR count). The van der Waals surface area contributed by atoms with Gasteiger partial charge < -0.3 is 4.90 Å².